The van der Waals surface area contributed by atoms with E-state index in [0.29, 0.717) is 0 Å². The number of nitrogens with zero attached hydrogens (tertiary/aromatic N) is 1. The van der Waals surface area contributed by atoms with Crippen LogP contribution < -0.4 is 10.5 Å². The monoisotopic (exact) mass is 316 g/mol. The van der Waals surface area contributed by atoms with Crippen LogP contribution >= 0.6 is 0 Å². The normalized spacial score (nSPS) is 22.1. The lowest BCUT2D eigenvalue weighted by atomic mass is 9.83. The molecule has 0 unspecified atom stereocenters. The summed E-state index contributed by atoms with van der Waals surface area (Å²) in [5, 5.41) is 0. The Morgan fingerprint density at radius 3 is 2.70 bits per heavy atom. The van der Waals surface area contributed by atoms with Crippen molar-refractivity contribution in [1.82, 2.24) is 4.90 Å². The number of ether oxygens (including phenoxy) is 1. The van der Waals surface area contributed by atoms with Gasteiger partial charge in [-0.2, -0.15) is 0 Å². The highest BCUT2D eigenvalue weighted by molar-refractivity contribution is 5.82. The Labute approximate surface area is 139 Å². The van der Waals surface area contributed by atoms with E-state index in [0.717, 1.165) is 50.9 Å². The summed E-state index contributed by atoms with van der Waals surface area (Å²) in [4.78, 5) is 14.5. The number of nitrogens with two attached hydrogens (primary N) is 1. The fraction of sp³-hybridized carbons (Fsp3) is 0.632. The first-order valence-electron chi connectivity index (χ1n) is 8.86. The van der Waals surface area contributed by atoms with E-state index in [4.69, 9.17) is 10.5 Å². The molecule has 126 valence electrons. The van der Waals surface area contributed by atoms with E-state index in [1.165, 1.54) is 5.56 Å². The zero-order valence-electron chi connectivity index (χ0n) is 14.3. The average Bonchev–Trinajstić information content (AvgIpc) is 2.60. The van der Waals surface area contributed by atoms with Gasteiger partial charge in [-0.3, -0.25) is 4.79 Å². The summed E-state index contributed by atoms with van der Waals surface area (Å²) < 4.78 is 6.35. The van der Waals surface area contributed by atoms with Crippen LogP contribution in [-0.2, 0) is 11.2 Å². The van der Waals surface area contributed by atoms with Gasteiger partial charge < -0.3 is 15.4 Å². The molecule has 1 fully saturated rings. The second-order valence-corrected chi connectivity index (χ2v) is 7.13. The third-order valence-corrected chi connectivity index (χ3v) is 5.68. The van der Waals surface area contributed by atoms with Crippen molar-refractivity contribution >= 4 is 5.91 Å². The molecule has 2 atom stereocenters. The van der Waals surface area contributed by atoms with Gasteiger partial charge in [-0.05, 0) is 30.4 Å². The van der Waals surface area contributed by atoms with E-state index in [2.05, 4.69) is 32.0 Å². The number of piperidine rings is 1. The number of benzene rings is 1. The third kappa shape index (κ3) is 3.23. The largest absolute Gasteiger partial charge is 0.487 e. The molecule has 0 radical (unpaired) electrons. The van der Waals surface area contributed by atoms with Gasteiger partial charge >= 0.3 is 0 Å². The Bertz CT molecular complexity index is 564. The first-order chi connectivity index (χ1) is 11.0. The Morgan fingerprint density at radius 2 is 2.00 bits per heavy atom. The van der Waals surface area contributed by atoms with Gasteiger partial charge in [0.05, 0.1) is 6.04 Å². The molecule has 4 heteroatoms. The molecular weight excluding hydrogens is 288 g/mol. The minimum atomic E-state index is -0.373. The van der Waals surface area contributed by atoms with Gasteiger partial charge in [0, 0.05) is 25.9 Å². The van der Waals surface area contributed by atoms with Crippen LogP contribution in [-0.4, -0.2) is 35.5 Å². The summed E-state index contributed by atoms with van der Waals surface area (Å²) in [6, 6.07) is 7.93. The van der Waals surface area contributed by atoms with Gasteiger partial charge in [-0.15, -0.1) is 0 Å². The molecule has 0 aromatic heterocycles. The number of carbonyl (C=O) groups is 1. The lowest BCUT2D eigenvalue weighted by Crippen LogP contribution is -2.55. The fourth-order valence-corrected chi connectivity index (χ4v) is 3.65. The molecule has 3 rings (SSSR count). The smallest absolute Gasteiger partial charge is 0.239 e. The van der Waals surface area contributed by atoms with Crippen molar-refractivity contribution in [3.05, 3.63) is 29.8 Å². The van der Waals surface area contributed by atoms with Gasteiger partial charge in [0.1, 0.15) is 11.4 Å². The summed E-state index contributed by atoms with van der Waals surface area (Å²) in [7, 11) is 0. The van der Waals surface area contributed by atoms with Crippen LogP contribution in [0.5, 0.6) is 5.75 Å². The molecule has 4 nitrogen and oxygen atoms in total. The summed E-state index contributed by atoms with van der Waals surface area (Å²) >= 11 is 0. The summed E-state index contributed by atoms with van der Waals surface area (Å²) in [6.45, 7) is 5.64. The van der Waals surface area contributed by atoms with Crippen LogP contribution in [0.4, 0.5) is 0 Å². The SMILES string of the molecule is CC[C@H](C)[C@H](N)C(=O)N1CCC2(CCc3ccccc3O2)CC1. The standard InChI is InChI=1S/C19H28N2O2/c1-3-14(2)17(20)18(22)21-12-10-19(11-13-21)9-8-15-6-4-5-7-16(15)23-19/h4-7,14,17H,3,8-13,20H2,1-2H3/t14-,17-/m0/s1. The number of fused-ring (bicyclic) bond motifs is 1. The summed E-state index contributed by atoms with van der Waals surface area (Å²) in [5.74, 6) is 1.36. The minimum Gasteiger partial charge on any atom is -0.487 e. The summed E-state index contributed by atoms with van der Waals surface area (Å²) in [5.41, 5.74) is 7.32. The minimum absolute atomic E-state index is 0.0917. The van der Waals surface area contributed by atoms with E-state index >= 15 is 0 Å². The third-order valence-electron chi connectivity index (χ3n) is 5.68. The highest BCUT2D eigenvalue weighted by Gasteiger charge is 2.41. The molecule has 1 aromatic carbocycles. The van der Waals surface area contributed by atoms with Gasteiger partial charge in [0.25, 0.3) is 0 Å². The van der Waals surface area contributed by atoms with E-state index in [9.17, 15) is 4.79 Å². The van der Waals surface area contributed by atoms with Crippen LogP contribution in [0.15, 0.2) is 24.3 Å². The Kier molecular flexibility index (Phi) is 4.62. The van der Waals surface area contributed by atoms with Crippen molar-refractivity contribution in [2.24, 2.45) is 11.7 Å². The lowest BCUT2D eigenvalue weighted by molar-refractivity contribution is -0.137. The van der Waals surface area contributed by atoms with Crippen LogP contribution in [0.25, 0.3) is 0 Å². The fourth-order valence-electron chi connectivity index (χ4n) is 3.65. The van der Waals surface area contributed by atoms with Crippen molar-refractivity contribution < 1.29 is 9.53 Å². The maximum Gasteiger partial charge on any atom is 0.239 e. The van der Waals surface area contributed by atoms with Crippen molar-refractivity contribution in [3.63, 3.8) is 0 Å². The molecule has 2 N–H and O–H groups in total. The van der Waals surface area contributed by atoms with E-state index in [1.807, 2.05) is 11.0 Å². The van der Waals surface area contributed by atoms with Crippen molar-refractivity contribution in [3.8, 4) is 5.75 Å². The molecule has 2 heterocycles. The summed E-state index contributed by atoms with van der Waals surface area (Å²) in [6.07, 6.45) is 4.85. The average molecular weight is 316 g/mol. The molecule has 1 aromatic rings. The van der Waals surface area contributed by atoms with Crippen molar-refractivity contribution in [2.75, 3.05) is 13.1 Å². The highest BCUT2D eigenvalue weighted by atomic mass is 16.5. The Hall–Kier alpha value is -1.55. The second kappa shape index (κ2) is 6.52. The van der Waals surface area contributed by atoms with Crippen LogP contribution in [0, 0.1) is 5.92 Å². The molecule has 23 heavy (non-hydrogen) atoms. The van der Waals surface area contributed by atoms with Gasteiger partial charge in [-0.1, -0.05) is 38.5 Å². The number of amides is 1. The topological polar surface area (TPSA) is 55.6 Å². The van der Waals surface area contributed by atoms with Gasteiger partial charge in [-0.25, -0.2) is 0 Å². The maximum absolute atomic E-state index is 12.5. The van der Waals surface area contributed by atoms with Crippen LogP contribution in [0.2, 0.25) is 0 Å². The number of hydrogen-bond acceptors (Lipinski definition) is 3. The molecule has 0 bridgehead atoms. The first-order valence-corrected chi connectivity index (χ1v) is 8.86. The molecule has 2 aliphatic heterocycles. The second-order valence-electron chi connectivity index (χ2n) is 7.13. The lowest BCUT2D eigenvalue weighted by Gasteiger charge is -2.45. The molecule has 0 aliphatic carbocycles. The van der Waals surface area contributed by atoms with Gasteiger partial charge in [0.2, 0.25) is 5.91 Å². The number of hydrogen-bond donors (Lipinski definition) is 1. The maximum atomic E-state index is 12.5. The quantitative estimate of drug-likeness (QED) is 0.933. The van der Waals surface area contributed by atoms with Crippen LogP contribution in [0.3, 0.4) is 0 Å². The van der Waals surface area contributed by atoms with Crippen molar-refractivity contribution in [2.45, 2.75) is 57.6 Å². The molecule has 0 saturated carbocycles. The number of para-hydroxylation sites is 1. The molecule has 2 aliphatic rings. The number of likely N-dealkylation sites (tertiary alicyclic amines) is 1. The number of aryl methyl sites for hydroxylation is 1. The molecule has 1 amide bonds. The number of rotatable bonds is 3. The Morgan fingerprint density at radius 1 is 1.30 bits per heavy atom. The molecule has 1 spiro atoms. The van der Waals surface area contributed by atoms with E-state index in [1.54, 1.807) is 0 Å². The number of carbonyl (C=O) groups excluding carboxylic acids is 1. The highest BCUT2D eigenvalue weighted by Crippen LogP contribution is 2.39. The predicted octanol–water partition coefficient (Wildman–Crippen LogP) is 2.75. The Balaban J connectivity index is 1.62. The zero-order chi connectivity index (χ0) is 16.4. The first kappa shape index (κ1) is 16.3. The predicted molar refractivity (Wildman–Crippen MR) is 91.4 cm³/mol. The van der Waals surface area contributed by atoms with Gasteiger partial charge in [0.15, 0.2) is 0 Å². The molecular formula is C19H28N2O2. The van der Waals surface area contributed by atoms with Crippen LogP contribution in [0.1, 0.15) is 45.1 Å². The van der Waals surface area contributed by atoms with E-state index < -0.39 is 0 Å². The van der Waals surface area contributed by atoms with E-state index in [-0.39, 0.29) is 23.5 Å². The van der Waals surface area contributed by atoms with Crippen molar-refractivity contribution in [1.29, 1.82) is 0 Å². The molecule has 1 saturated heterocycles. The zero-order valence-corrected chi connectivity index (χ0v) is 14.3.